The number of hydrogen-bond acceptors (Lipinski definition) is 3. The van der Waals surface area contributed by atoms with Gasteiger partial charge in [-0.15, -0.1) is 10.2 Å². The molecule has 0 saturated heterocycles. The van der Waals surface area contributed by atoms with Crippen LogP contribution in [0.5, 0.6) is 0 Å². The first kappa shape index (κ1) is 9.64. The van der Waals surface area contributed by atoms with E-state index in [1.807, 2.05) is 24.6 Å². The Bertz CT molecular complexity index is 526. The van der Waals surface area contributed by atoms with Gasteiger partial charge in [-0.1, -0.05) is 6.07 Å². The molecule has 78 valence electrons. The van der Waals surface area contributed by atoms with Crippen LogP contribution in [0.15, 0.2) is 29.2 Å². The van der Waals surface area contributed by atoms with Crippen molar-refractivity contribution in [2.45, 2.75) is 13.5 Å². The Hall–Kier alpha value is -1.91. The predicted octanol–water partition coefficient (Wildman–Crippen LogP) is 0.334. The third-order valence-electron chi connectivity index (χ3n) is 2.39. The number of nitrogens with zero attached hydrogens (tertiary/aromatic N) is 4. The fourth-order valence-corrected chi connectivity index (χ4v) is 1.33. The summed E-state index contributed by atoms with van der Waals surface area (Å²) in [5.41, 5.74) is -0.0295. The summed E-state index contributed by atoms with van der Waals surface area (Å²) < 4.78 is 3.48. The van der Waals surface area contributed by atoms with Crippen molar-refractivity contribution in [3.63, 3.8) is 0 Å². The highest BCUT2D eigenvalue weighted by Gasteiger charge is 2.05. The zero-order valence-corrected chi connectivity index (χ0v) is 8.71. The van der Waals surface area contributed by atoms with Gasteiger partial charge in [-0.25, -0.2) is 0 Å². The lowest BCUT2D eigenvalue weighted by molar-refractivity contribution is 0.672. The van der Waals surface area contributed by atoms with Gasteiger partial charge < -0.3 is 9.13 Å². The van der Waals surface area contributed by atoms with Crippen LogP contribution >= 0.6 is 0 Å². The van der Waals surface area contributed by atoms with Gasteiger partial charge in [0.25, 0.3) is 5.56 Å². The molecule has 0 saturated carbocycles. The van der Waals surface area contributed by atoms with Gasteiger partial charge in [-0.2, -0.15) is 0 Å². The van der Waals surface area contributed by atoms with Crippen LogP contribution in [0.4, 0.5) is 0 Å². The lowest BCUT2D eigenvalue weighted by Crippen LogP contribution is -2.20. The molecule has 0 aromatic carbocycles. The number of pyridine rings is 1. The second kappa shape index (κ2) is 3.68. The summed E-state index contributed by atoms with van der Waals surface area (Å²) in [6.45, 7) is 2.33. The largest absolute Gasteiger partial charge is 0.317 e. The van der Waals surface area contributed by atoms with Crippen molar-refractivity contribution < 1.29 is 0 Å². The molecular weight excluding hydrogens is 192 g/mol. The lowest BCUT2D eigenvalue weighted by Gasteiger charge is -2.04. The molecule has 5 nitrogen and oxygen atoms in total. The van der Waals surface area contributed by atoms with Gasteiger partial charge in [0.15, 0.2) is 5.82 Å². The van der Waals surface area contributed by atoms with Gasteiger partial charge in [0, 0.05) is 19.3 Å². The Morgan fingerprint density at radius 3 is 2.73 bits per heavy atom. The monoisotopic (exact) mass is 204 g/mol. The zero-order valence-electron chi connectivity index (χ0n) is 8.71. The third-order valence-corrected chi connectivity index (χ3v) is 2.39. The topological polar surface area (TPSA) is 52.7 Å². The molecule has 0 aliphatic heterocycles. The van der Waals surface area contributed by atoms with Gasteiger partial charge in [-0.3, -0.25) is 4.79 Å². The molecule has 15 heavy (non-hydrogen) atoms. The van der Waals surface area contributed by atoms with Gasteiger partial charge >= 0.3 is 0 Å². The van der Waals surface area contributed by atoms with E-state index in [2.05, 4.69) is 10.2 Å². The van der Waals surface area contributed by atoms with Crippen LogP contribution in [-0.2, 0) is 13.6 Å². The molecule has 2 heterocycles. The van der Waals surface area contributed by atoms with E-state index in [9.17, 15) is 4.79 Å². The van der Waals surface area contributed by atoms with Crippen molar-refractivity contribution >= 4 is 0 Å². The molecule has 0 aliphatic carbocycles. The number of aryl methyl sites for hydroxylation is 1. The maximum atomic E-state index is 11.4. The summed E-state index contributed by atoms with van der Waals surface area (Å²) >= 11 is 0. The Labute approximate surface area is 87.0 Å². The van der Waals surface area contributed by atoms with Crippen LogP contribution in [0.3, 0.4) is 0 Å². The summed E-state index contributed by atoms with van der Waals surface area (Å²) in [6, 6.07) is 5.08. The predicted molar refractivity (Wildman–Crippen MR) is 55.5 cm³/mol. The van der Waals surface area contributed by atoms with Crippen molar-refractivity contribution in [2.75, 3.05) is 0 Å². The van der Waals surface area contributed by atoms with E-state index in [0.29, 0.717) is 6.54 Å². The minimum atomic E-state index is -0.0295. The summed E-state index contributed by atoms with van der Waals surface area (Å²) in [6.07, 6.45) is 1.74. The molecule has 2 aromatic heterocycles. The first-order chi connectivity index (χ1) is 7.18. The van der Waals surface area contributed by atoms with Crippen LogP contribution in [-0.4, -0.2) is 19.3 Å². The van der Waals surface area contributed by atoms with Crippen molar-refractivity contribution in [3.8, 4) is 0 Å². The average Bonchev–Trinajstić information content (AvgIpc) is 2.53. The molecular formula is C10H12N4O. The van der Waals surface area contributed by atoms with Gasteiger partial charge in [0.1, 0.15) is 5.82 Å². The van der Waals surface area contributed by atoms with Gasteiger partial charge in [-0.05, 0) is 13.0 Å². The quantitative estimate of drug-likeness (QED) is 0.708. The van der Waals surface area contributed by atoms with E-state index >= 15 is 0 Å². The maximum Gasteiger partial charge on any atom is 0.250 e. The highest BCUT2D eigenvalue weighted by Crippen LogP contribution is 1.98. The van der Waals surface area contributed by atoms with Crippen molar-refractivity contribution in [3.05, 3.63) is 46.4 Å². The van der Waals surface area contributed by atoms with E-state index in [4.69, 9.17) is 0 Å². The van der Waals surface area contributed by atoms with Crippen LogP contribution < -0.4 is 5.56 Å². The number of hydrogen-bond donors (Lipinski definition) is 0. The second-order valence-corrected chi connectivity index (χ2v) is 3.39. The molecule has 0 atom stereocenters. The van der Waals surface area contributed by atoms with Crippen LogP contribution in [0.2, 0.25) is 0 Å². The van der Waals surface area contributed by atoms with Crippen LogP contribution in [0.1, 0.15) is 11.6 Å². The molecule has 0 N–H and O–H groups in total. The first-order valence-corrected chi connectivity index (χ1v) is 4.69. The summed E-state index contributed by atoms with van der Waals surface area (Å²) in [5.74, 6) is 1.62. The number of aromatic nitrogens is 4. The fraction of sp³-hybridized carbons (Fsp3) is 0.300. The van der Waals surface area contributed by atoms with Gasteiger partial charge in [0.05, 0.1) is 6.54 Å². The molecule has 0 bridgehead atoms. The van der Waals surface area contributed by atoms with E-state index < -0.39 is 0 Å². The highest BCUT2D eigenvalue weighted by molar-refractivity contribution is 4.98. The third kappa shape index (κ3) is 1.81. The molecule has 0 unspecified atom stereocenters. The van der Waals surface area contributed by atoms with Crippen molar-refractivity contribution in [1.82, 2.24) is 19.3 Å². The Morgan fingerprint density at radius 2 is 2.13 bits per heavy atom. The standard InChI is InChI=1S/C10H12N4O/c1-8-11-12-9(13(8)2)7-14-6-4-3-5-10(14)15/h3-6H,7H2,1-2H3. The van der Waals surface area contributed by atoms with Crippen LogP contribution in [0.25, 0.3) is 0 Å². The van der Waals surface area contributed by atoms with Crippen LogP contribution in [0, 0.1) is 6.92 Å². The smallest absolute Gasteiger partial charge is 0.250 e. The zero-order chi connectivity index (χ0) is 10.8. The maximum absolute atomic E-state index is 11.4. The summed E-state index contributed by atoms with van der Waals surface area (Å²) in [5, 5.41) is 7.94. The normalized spacial score (nSPS) is 10.5. The summed E-state index contributed by atoms with van der Waals surface area (Å²) in [7, 11) is 1.89. The molecule has 0 spiro atoms. The highest BCUT2D eigenvalue weighted by atomic mass is 16.1. The molecule has 0 aliphatic rings. The SMILES string of the molecule is Cc1nnc(Cn2ccccc2=O)n1C. The molecule has 0 fully saturated rings. The minimum Gasteiger partial charge on any atom is -0.317 e. The fourth-order valence-electron chi connectivity index (χ4n) is 1.33. The second-order valence-electron chi connectivity index (χ2n) is 3.39. The molecule has 0 amide bonds. The van der Waals surface area contributed by atoms with E-state index in [1.165, 1.54) is 6.07 Å². The first-order valence-electron chi connectivity index (χ1n) is 4.69. The molecule has 2 aromatic rings. The Morgan fingerprint density at radius 1 is 1.33 bits per heavy atom. The van der Waals surface area contributed by atoms with Gasteiger partial charge in [0.2, 0.25) is 0 Å². The lowest BCUT2D eigenvalue weighted by atomic mass is 10.4. The molecule has 0 radical (unpaired) electrons. The molecule has 5 heteroatoms. The summed E-state index contributed by atoms with van der Waals surface area (Å²) in [4.78, 5) is 11.4. The number of rotatable bonds is 2. The van der Waals surface area contributed by atoms with E-state index in [-0.39, 0.29) is 5.56 Å². The average molecular weight is 204 g/mol. The molecule has 2 rings (SSSR count). The van der Waals surface area contributed by atoms with Crippen molar-refractivity contribution in [2.24, 2.45) is 7.05 Å². The Kier molecular flexibility index (Phi) is 2.37. The van der Waals surface area contributed by atoms with E-state index in [0.717, 1.165) is 11.6 Å². The van der Waals surface area contributed by atoms with Crippen molar-refractivity contribution in [1.29, 1.82) is 0 Å². The Balaban J connectivity index is 2.34. The minimum absolute atomic E-state index is 0.0295. The van der Waals surface area contributed by atoms with E-state index in [1.54, 1.807) is 16.8 Å².